The highest BCUT2D eigenvalue weighted by Gasteiger charge is 2.11. The lowest BCUT2D eigenvalue weighted by molar-refractivity contribution is -0.127. The van der Waals surface area contributed by atoms with Gasteiger partial charge in [0.1, 0.15) is 5.78 Å². The van der Waals surface area contributed by atoms with Gasteiger partial charge in [-0.15, -0.1) is 0 Å². The molecule has 18 heavy (non-hydrogen) atoms. The molecular formula is C13H25NO4. The second-order valence-electron chi connectivity index (χ2n) is 4.96. The molecule has 0 aromatic carbocycles. The number of Topliss-reactive ketones (excluding diaryl/α,β-unsaturated/α-hetero) is 1. The third-order valence-corrected chi connectivity index (χ3v) is 2.40. The van der Waals surface area contributed by atoms with E-state index < -0.39 is 6.10 Å². The van der Waals surface area contributed by atoms with Crippen LogP contribution in [0.4, 0.5) is 0 Å². The van der Waals surface area contributed by atoms with Crippen molar-refractivity contribution in [2.75, 3.05) is 13.2 Å². The molecule has 5 nitrogen and oxygen atoms in total. The van der Waals surface area contributed by atoms with Crippen LogP contribution in [0.25, 0.3) is 0 Å². The third-order valence-electron chi connectivity index (χ3n) is 2.40. The van der Waals surface area contributed by atoms with Gasteiger partial charge in [0.05, 0.1) is 18.8 Å². The maximum Gasteiger partial charge on any atom is 0.220 e. The Hall–Kier alpha value is -0.940. The minimum atomic E-state index is -0.711. The summed E-state index contributed by atoms with van der Waals surface area (Å²) in [5, 5.41) is 12.1. The average Bonchev–Trinajstić information content (AvgIpc) is 2.30. The molecule has 1 unspecified atom stereocenters. The summed E-state index contributed by atoms with van der Waals surface area (Å²) < 4.78 is 5.21. The zero-order valence-corrected chi connectivity index (χ0v) is 11.7. The molecule has 0 heterocycles. The molecule has 0 aliphatic rings. The Morgan fingerprint density at radius 3 is 2.28 bits per heavy atom. The first kappa shape index (κ1) is 17.1. The van der Waals surface area contributed by atoms with Crippen LogP contribution in [0.2, 0.25) is 0 Å². The van der Waals surface area contributed by atoms with E-state index in [0.717, 1.165) is 0 Å². The summed E-state index contributed by atoms with van der Waals surface area (Å²) in [5.41, 5.74) is 0. The first-order valence-electron chi connectivity index (χ1n) is 6.42. The van der Waals surface area contributed by atoms with Crippen LogP contribution in [0.1, 0.15) is 40.5 Å². The standard InChI is InChI=1S/C13H25NO4/c1-9(2)12(16)5-6-13(17)14-7-11(15)8-18-10(3)4/h9-11,15H,5-8H2,1-4H3,(H,14,17). The quantitative estimate of drug-likeness (QED) is 0.645. The van der Waals surface area contributed by atoms with Gasteiger partial charge in [-0.2, -0.15) is 0 Å². The number of hydrogen-bond acceptors (Lipinski definition) is 4. The number of carbonyl (C=O) groups excluding carboxylic acids is 2. The van der Waals surface area contributed by atoms with Gasteiger partial charge < -0.3 is 15.2 Å². The fourth-order valence-corrected chi connectivity index (χ4v) is 1.21. The van der Waals surface area contributed by atoms with Gasteiger partial charge in [0.25, 0.3) is 0 Å². The van der Waals surface area contributed by atoms with Crippen molar-refractivity contribution in [1.82, 2.24) is 5.32 Å². The molecule has 2 N–H and O–H groups in total. The minimum Gasteiger partial charge on any atom is -0.389 e. The Labute approximate surface area is 109 Å². The van der Waals surface area contributed by atoms with E-state index in [-0.39, 0.29) is 49.7 Å². The second kappa shape index (κ2) is 9.05. The maximum atomic E-state index is 11.4. The topological polar surface area (TPSA) is 75.6 Å². The molecule has 0 bridgehead atoms. The van der Waals surface area contributed by atoms with E-state index >= 15 is 0 Å². The van der Waals surface area contributed by atoms with Crippen molar-refractivity contribution in [2.45, 2.75) is 52.7 Å². The normalized spacial score (nSPS) is 12.8. The highest BCUT2D eigenvalue weighted by Crippen LogP contribution is 2.01. The third kappa shape index (κ3) is 9.13. The fourth-order valence-electron chi connectivity index (χ4n) is 1.21. The summed E-state index contributed by atoms with van der Waals surface area (Å²) in [5.74, 6) is -0.177. The van der Waals surface area contributed by atoms with Crippen molar-refractivity contribution in [3.63, 3.8) is 0 Å². The van der Waals surface area contributed by atoms with Crippen LogP contribution >= 0.6 is 0 Å². The van der Waals surface area contributed by atoms with E-state index in [4.69, 9.17) is 4.74 Å². The van der Waals surface area contributed by atoms with Gasteiger partial charge >= 0.3 is 0 Å². The van der Waals surface area contributed by atoms with Crippen LogP contribution in [0.3, 0.4) is 0 Å². The SMILES string of the molecule is CC(C)OCC(O)CNC(=O)CCC(=O)C(C)C. The fraction of sp³-hybridized carbons (Fsp3) is 0.846. The van der Waals surface area contributed by atoms with Crippen LogP contribution in [0.5, 0.6) is 0 Å². The Morgan fingerprint density at radius 2 is 1.78 bits per heavy atom. The molecule has 0 aliphatic carbocycles. The van der Waals surface area contributed by atoms with E-state index in [1.165, 1.54) is 0 Å². The number of rotatable bonds is 9. The summed E-state index contributed by atoms with van der Waals surface area (Å²) in [6.45, 7) is 7.73. The molecule has 0 aromatic heterocycles. The Bertz CT molecular complexity index is 264. The number of nitrogens with one attached hydrogen (secondary N) is 1. The molecule has 106 valence electrons. The van der Waals surface area contributed by atoms with Crippen LogP contribution < -0.4 is 5.32 Å². The molecule has 5 heteroatoms. The zero-order valence-electron chi connectivity index (χ0n) is 11.7. The van der Waals surface area contributed by atoms with E-state index in [1.54, 1.807) is 0 Å². The lowest BCUT2D eigenvalue weighted by atomic mass is 10.0. The molecule has 1 atom stereocenters. The first-order chi connectivity index (χ1) is 8.32. The van der Waals surface area contributed by atoms with Crippen molar-refractivity contribution in [3.05, 3.63) is 0 Å². The van der Waals surface area contributed by atoms with Crippen LogP contribution in [-0.2, 0) is 14.3 Å². The Kier molecular flexibility index (Phi) is 8.58. The van der Waals surface area contributed by atoms with Crippen LogP contribution in [0, 0.1) is 5.92 Å². The van der Waals surface area contributed by atoms with Gasteiger partial charge in [0, 0.05) is 25.3 Å². The summed E-state index contributed by atoms with van der Waals surface area (Å²) in [7, 11) is 0. The lowest BCUT2D eigenvalue weighted by Crippen LogP contribution is -2.35. The van der Waals surface area contributed by atoms with Crippen molar-refractivity contribution in [3.8, 4) is 0 Å². The summed E-state index contributed by atoms with van der Waals surface area (Å²) in [6.07, 6.45) is -0.229. The second-order valence-corrected chi connectivity index (χ2v) is 4.96. The smallest absolute Gasteiger partial charge is 0.220 e. The maximum absolute atomic E-state index is 11.4. The number of carbonyl (C=O) groups is 2. The zero-order chi connectivity index (χ0) is 14.1. The predicted molar refractivity (Wildman–Crippen MR) is 69.2 cm³/mol. The Balaban J connectivity index is 3.67. The van der Waals surface area contributed by atoms with Crippen LogP contribution in [0.15, 0.2) is 0 Å². The molecule has 0 aromatic rings. The van der Waals surface area contributed by atoms with E-state index in [1.807, 2.05) is 27.7 Å². The summed E-state index contributed by atoms with van der Waals surface area (Å²) in [6, 6.07) is 0. The van der Waals surface area contributed by atoms with Crippen molar-refractivity contribution in [1.29, 1.82) is 0 Å². The highest BCUT2D eigenvalue weighted by molar-refractivity contribution is 5.85. The van der Waals surface area contributed by atoms with Gasteiger partial charge in [0.15, 0.2) is 0 Å². The number of hydrogen-bond donors (Lipinski definition) is 2. The van der Waals surface area contributed by atoms with Gasteiger partial charge in [-0.1, -0.05) is 13.8 Å². The molecule has 0 saturated carbocycles. The largest absolute Gasteiger partial charge is 0.389 e. The lowest BCUT2D eigenvalue weighted by Gasteiger charge is -2.14. The molecular weight excluding hydrogens is 234 g/mol. The minimum absolute atomic E-state index is 0.0390. The molecule has 0 saturated heterocycles. The van der Waals surface area contributed by atoms with E-state index in [2.05, 4.69) is 5.32 Å². The van der Waals surface area contributed by atoms with Gasteiger partial charge in [-0.3, -0.25) is 9.59 Å². The number of aliphatic hydroxyl groups is 1. The number of aliphatic hydroxyl groups excluding tert-OH is 1. The summed E-state index contributed by atoms with van der Waals surface area (Å²) >= 11 is 0. The molecule has 0 fully saturated rings. The van der Waals surface area contributed by atoms with Crippen molar-refractivity contribution >= 4 is 11.7 Å². The van der Waals surface area contributed by atoms with Crippen LogP contribution in [-0.4, -0.2) is 42.2 Å². The molecule has 0 radical (unpaired) electrons. The molecule has 0 spiro atoms. The average molecular weight is 259 g/mol. The van der Waals surface area contributed by atoms with Crippen molar-refractivity contribution < 1.29 is 19.4 Å². The predicted octanol–water partition coefficient (Wildman–Crippen LogP) is 0.894. The molecule has 0 rings (SSSR count). The molecule has 0 aliphatic heterocycles. The van der Waals surface area contributed by atoms with Gasteiger partial charge in [-0.05, 0) is 13.8 Å². The van der Waals surface area contributed by atoms with E-state index in [0.29, 0.717) is 0 Å². The van der Waals surface area contributed by atoms with E-state index in [9.17, 15) is 14.7 Å². The number of amides is 1. The Morgan fingerprint density at radius 1 is 1.17 bits per heavy atom. The van der Waals surface area contributed by atoms with Gasteiger partial charge in [-0.25, -0.2) is 0 Å². The van der Waals surface area contributed by atoms with Crippen molar-refractivity contribution in [2.24, 2.45) is 5.92 Å². The number of ether oxygens (including phenoxy) is 1. The first-order valence-corrected chi connectivity index (χ1v) is 6.42. The highest BCUT2D eigenvalue weighted by atomic mass is 16.5. The monoisotopic (exact) mass is 259 g/mol. The molecule has 1 amide bonds. The van der Waals surface area contributed by atoms with Gasteiger partial charge in [0.2, 0.25) is 5.91 Å². The number of ketones is 1. The summed E-state index contributed by atoms with van der Waals surface area (Å²) in [4.78, 5) is 22.7.